The van der Waals surface area contributed by atoms with Gasteiger partial charge in [-0.2, -0.15) is 0 Å². The van der Waals surface area contributed by atoms with Gasteiger partial charge in [-0.25, -0.2) is 9.78 Å². The quantitative estimate of drug-likeness (QED) is 0.386. The van der Waals surface area contributed by atoms with Crippen LogP contribution in [0, 0.1) is 5.92 Å². The zero-order valence-electron chi connectivity index (χ0n) is 24.3. The van der Waals surface area contributed by atoms with Gasteiger partial charge in [-0.15, -0.1) is 6.58 Å². The lowest BCUT2D eigenvalue weighted by Gasteiger charge is -2.29. The first-order chi connectivity index (χ1) is 19.9. The van der Waals surface area contributed by atoms with Crippen LogP contribution in [0.4, 0.5) is 4.79 Å². The summed E-state index contributed by atoms with van der Waals surface area (Å²) in [7, 11) is 1.59. The second kappa shape index (κ2) is 11.0. The Morgan fingerprint density at radius 3 is 2.50 bits per heavy atom. The maximum absolute atomic E-state index is 14.0. The van der Waals surface area contributed by atoms with Crippen molar-refractivity contribution in [3.8, 4) is 22.8 Å². The van der Waals surface area contributed by atoms with Crippen LogP contribution in [0.3, 0.4) is 0 Å². The molecular formula is C32H36N4O6. The van der Waals surface area contributed by atoms with Crippen molar-refractivity contribution < 1.29 is 28.6 Å². The highest BCUT2D eigenvalue weighted by Crippen LogP contribution is 2.47. The molecule has 42 heavy (non-hydrogen) atoms. The van der Waals surface area contributed by atoms with Gasteiger partial charge in [-0.3, -0.25) is 9.59 Å². The van der Waals surface area contributed by atoms with E-state index in [4.69, 9.17) is 24.9 Å². The normalized spacial score (nSPS) is 23.2. The van der Waals surface area contributed by atoms with Crippen molar-refractivity contribution in [1.29, 1.82) is 0 Å². The number of likely N-dealkylation sites (tertiary alicyclic amines) is 1. The average molecular weight is 573 g/mol. The molecule has 220 valence electrons. The number of pyridine rings is 1. The van der Waals surface area contributed by atoms with Gasteiger partial charge in [0.1, 0.15) is 34.8 Å². The number of carbonyl (C=O) groups is 3. The van der Waals surface area contributed by atoms with Gasteiger partial charge in [0, 0.05) is 35.4 Å². The van der Waals surface area contributed by atoms with Crippen LogP contribution >= 0.6 is 0 Å². The predicted molar refractivity (Wildman–Crippen MR) is 158 cm³/mol. The van der Waals surface area contributed by atoms with Crippen LogP contribution in [-0.2, 0) is 14.3 Å². The molecule has 1 aliphatic carbocycles. The minimum absolute atomic E-state index is 0.106. The maximum Gasteiger partial charge on any atom is 0.408 e. The van der Waals surface area contributed by atoms with Crippen molar-refractivity contribution >= 4 is 28.8 Å². The summed E-state index contributed by atoms with van der Waals surface area (Å²) in [5, 5.41) is 3.51. The first kappa shape index (κ1) is 28.9. The molecule has 1 saturated heterocycles. The number of primary amides is 1. The molecular weight excluding hydrogens is 536 g/mol. The Bertz CT molecular complexity index is 1540. The fourth-order valence-electron chi connectivity index (χ4n) is 5.47. The Labute approximate surface area is 244 Å². The van der Waals surface area contributed by atoms with E-state index in [2.05, 4.69) is 11.9 Å². The number of ether oxygens (including phenoxy) is 3. The fourth-order valence-corrected chi connectivity index (χ4v) is 5.47. The number of benzene rings is 2. The lowest BCUT2D eigenvalue weighted by molar-refractivity contribution is -0.140. The molecule has 3 aromatic rings. The summed E-state index contributed by atoms with van der Waals surface area (Å²) < 4.78 is 17.3. The molecule has 4 atom stereocenters. The Morgan fingerprint density at radius 2 is 1.88 bits per heavy atom. The van der Waals surface area contributed by atoms with Gasteiger partial charge < -0.3 is 30.2 Å². The number of nitrogens with one attached hydrogen (secondary N) is 1. The number of alkyl carbamates (subject to hydrolysis) is 1. The first-order valence-electron chi connectivity index (χ1n) is 13.9. The van der Waals surface area contributed by atoms with E-state index in [-0.39, 0.29) is 18.9 Å². The summed E-state index contributed by atoms with van der Waals surface area (Å²) in [6.07, 6.45) is 0.917. The molecule has 0 spiro atoms. The second-order valence-electron chi connectivity index (χ2n) is 11.8. The molecule has 1 aromatic heterocycles. The van der Waals surface area contributed by atoms with Crippen molar-refractivity contribution in [3.63, 3.8) is 0 Å². The third-order valence-electron chi connectivity index (χ3n) is 7.60. The van der Waals surface area contributed by atoms with Crippen molar-refractivity contribution in [1.82, 2.24) is 15.2 Å². The number of fused-ring (bicyclic) bond motifs is 1. The van der Waals surface area contributed by atoms with Crippen LogP contribution in [0.15, 0.2) is 67.3 Å². The number of carbonyl (C=O) groups excluding carboxylic acids is 3. The van der Waals surface area contributed by atoms with E-state index in [0.717, 1.165) is 10.9 Å². The zero-order valence-corrected chi connectivity index (χ0v) is 24.3. The summed E-state index contributed by atoms with van der Waals surface area (Å²) in [4.78, 5) is 45.4. The van der Waals surface area contributed by atoms with Crippen molar-refractivity contribution in [2.45, 2.75) is 56.9 Å². The number of rotatable bonds is 8. The fraction of sp³-hybridized carbons (Fsp3) is 0.375. The first-order valence-corrected chi connectivity index (χ1v) is 13.9. The number of amides is 3. The van der Waals surface area contributed by atoms with E-state index < -0.39 is 41.2 Å². The van der Waals surface area contributed by atoms with Crippen molar-refractivity contribution in [2.75, 3.05) is 13.7 Å². The van der Waals surface area contributed by atoms with Gasteiger partial charge in [-0.05, 0) is 39.3 Å². The predicted octanol–water partition coefficient (Wildman–Crippen LogP) is 4.21. The molecule has 3 unspecified atom stereocenters. The standard InChI is InChI=1S/C32H36N4O6/c1-6-20-17-32(20,35-30(39)42-31(2,3)4)29(38)36-18-22(15-26(36)28(33)37)41-27-16-24(19-10-8-7-9-11-19)34-25-14-21(40-5)12-13-23(25)27/h6-14,16,20,22,26H,1,15,17-18H2,2-5H3,(H2,33,37)(H,35,39)/t20?,22-,26?,32?/m1/s1. The molecule has 3 amide bonds. The molecule has 0 radical (unpaired) electrons. The molecule has 2 aromatic carbocycles. The monoisotopic (exact) mass is 572 g/mol. The van der Waals surface area contributed by atoms with E-state index in [1.54, 1.807) is 34.0 Å². The van der Waals surface area contributed by atoms with E-state index in [1.165, 1.54) is 4.90 Å². The lowest BCUT2D eigenvalue weighted by atomic mass is 10.1. The molecule has 0 bridgehead atoms. The van der Waals surface area contributed by atoms with E-state index in [0.29, 0.717) is 29.1 Å². The SMILES string of the molecule is C=CC1CC1(NC(=O)OC(C)(C)C)C(=O)N1C[C@H](Oc2cc(-c3ccccc3)nc3cc(OC)ccc23)CC1C(N)=O. The molecule has 2 aliphatic rings. The highest BCUT2D eigenvalue weighted by molar-refractivity contribution is 5.97. The maximum atomic E-state index is 14.0. The summed E-state index contributed by atoms with van der Waals surface area (Å²) in [6, 6.07) is 16.2. The number of aromatic nitrogens is 1. The van der Waals surface area contributed by atoms with Gasteiger partial charge in [0.05, 0.1) is 24.9 Å². The highest BCUT2D eigenvalue weighted by Gasteiger charge is 2.63. The molecule has 10 heteroatoms. The van der Waals surface area contributed by atoms with Gasteiger partial charge in [0.15, 0.2) is 0 Å². The molecule has 2 heterocycles. The number of nitrogens with zero attached hydrogens (tertiary/aromatic N) is 2. The molecule has 3 N–H and O–H groups in total. The number of hydrogen-bond donors (Lipinski definition) is 2. The third kappa shape index (κ3) is 5.74. The van der Waals surface area contributed by atoms with E-state index >= 15 is 0 Å². The number of methoxy groups -OCH3 is 1. The topological polar surface area (TPSA) is 133 Å². The minimum Gasteiger partial charge on any atom is -0.497 e. The average Bonchev–Trinajstić information content (AvgIpc) is 3.49. The van der Waals surface area contributed by atoms with Crippen LogP contribution in [0.2, 0.25) is 0 Å². The second-order valence-corrected chi connectivity index (χ2v) is 11.8. The molecule has 2 fully saturated rings. The van der Waals surface area contributed by atoms with Crippen LogP contribution in [-0.4, -0.2) is 64.7 Å². The Morgan fingerprint density at radius 1 is 1.14 bits per heavy atom. The zero-order chi connectivity index (χ0) is 30.2. The smallest absolute Gasteiger partial charge is 0.408 e. The molecule has 10 nitrogen and oxygen atoms in total. The lowest BCUT2D eigenvalue weighted by Crippen LogP contribution is -2.56. The van der Waals surface area contributed by atoms with Crippen LogP contribution in [0.25, 0.3) is 22.2 Å². The summed E-state index contributed by atoms with van der Waals surface area (Å²) in [5.74, 6) is -0.157. The Balaban J connectivity index is 1.44. The molecule has 1 saturated carbocycles. The Kier molecular flexibility index (Phi) is 7.57. The van der Waals surface area contributed by atoms with E-state index in [1.807, 2.05) is 54.6 Å². The van der Waals surface area contributed by atoms with Gasteiger partial charge in [-0.1, -0.05) is 36.4 Å². The van der Waals surface area contributed by atoms with Crippen molar-refractivity contribution in [2.24, 2.45) is 11.7 Å². The van der Waals surface area contributed by atoms with Gasteiger partial charge >= 0.3 is 6.09 Å². The number of hydrogen-bond acceptors (Lipinski definition) is 7. The highest BCUT2D eigenvalue weighted by atomic mass is 16.6. The minimum atomic E-state index is -1.26. The van der Waals surface area contributed by atoms with Crippen LogP contribution in [0.1, 0.15) is 33.6 Å². The molecule has 5 rings (SSSR count). The Hall–Kier alpha value is -4.60. The summed E-state index contributed by atoms with van der Waals surface area (Å²) in [6.45, 7) is 9.15. The van der Waals surface area contributed by atoms with Crippen LogP contribution in [0.5, 0.6) is 11.5 Å². The number of nitrogens with two attached hydrogens (primary N) is 1. The van der Waals surface area contributed by atoms with Crippen molar-refractivity contribution in [3.05, 3.63) is 67.3 Å². The summed E-state index contributed by atoms with van der Waals surface area (Å²) >= 11 is 0. The van der Waals surface area contributed by atoms with E-state index in [9.17, 15) is 14.4 Å². The third-order valence-corrected chi connectivity index (χ3v) is 7.60. The molecule has 1 aliphatic heterocycles. The largest absolute Gasteiger partial charge is 0.497 e. The van der Waals surface area contributed by atoms with Gasteiger partial charge in [0.2, 0.25) is 11.8 Å². The summed E-state index contributed by atoms with van der Waals surface area (Å²) in [5.41, 5.74) is 6.06. The van der Waals surface area contributed by atoms with Gasteiger partial charge in [0.25, 0.3) is 0 Å². The van der Waals surface area contributed by atoms with Crippen LogP contribution < -0.4 is 20.5 Å².